The molecule has 2 N–H and O–H groups in total. The van der Waals surface area contributed by atoms with Gasteiger partial charge in [-0.3, -0.25) is 4.79 Å². The van der Waals surface area contributed by atoms with Crippen LogP contribution in [0.4, 0.5) is 0 Å². The van der Waals surface area contributed by atoms with Gasteiger partial charge in [0, 0.05) is 18.2 Å². The molecule has 0 unspecified atom stereocenters. The number of nitrogens with zero attached hydrogens (tertiary/aromatic N) is 4. The van der Waals surface area contributed by atoms with Gasteiger partial charge in [0.25, 0.3) is 0 Å². The lowest BCUT2D eigenvalue weighted by Crippen LogP contribution is -2.25. The fraction of sp³-hybridized carbons (Fsp3) is 0.385. The summed E-state index contributed by atoms with van der Waals surface area (Å²) in [5, 5.41) is 24.4. The Bertz CT molecular complexity index is 624. The number of nitrogens with one attached hydrogen (secondary N) is 1. The molecule has 0 saturated heterocycles. The first kappa shape index (κ1) is 13.9. The van der Waals surface area contributed by atoms with E-state index in [0.717, 1.165) is 18.5 Å². The number of hydrogen-bond donors (Lipinski definition) is 2. The van der Waals surface area contributed by atoms with E-state index in [0.29, 0.717) is 23.4 Å². The molecule has 1 amide bonds. The summed E-state index contributed by atoms with van der Waals surface area (Å²) in [5.74, 6) is 0.892. The Balaban J connectivity index is 1.57. The predicted molar refractivity (Wildman–Crippen MR) is 77.3 cm³/mol. The van der Waals surface area contributed by atoms with Crippen LogP contribution in [0.3, 0.4) is 0 Å². The number of aromatic nitrogens is 4. The van der Waals surface area contributed by atoms with Crippen LogP contribution < -0.4 is 5.32 Å². The fourth-order valence-electron chi connectivity index (χ4n) is 1.79. The highest BCUT2D eigenvalue weighted by atomic mass is 32.2. The lowest BCUT2D eigenvalue weighted by Gasteiger charge is -2.05. The molecule has 0 bridgehead atoms. The van der Waals surface area contributed by atoms with Crippen LogP contribution in [-0.2, 0) is 4.79 Å². The van der Waals surface area contributed by atoms with Gasteiger partial charge in [-0.15, -0.1) is 5.10 Å². The molecule has 110 valence electrons. The standard InChI is InChI=1S/C13H15N5O2S/c19-11-5-3-10(4-6-11)18-13(15-16-17-18)21-8-7-12(20)14-9-1-2-9/h3-6,9,19H,1-2,7-8H2,(H,14,20). The molecule has 7 nitrogen and oxygen atoms in total. The molecule has 0 radical (unpaired) electrons. The van der Waals surface area contributed by atoms with Gasteiger partial charge in [-0.1, -0.05) is 11.8 Å². The number of rotatable bonds is 6. The Labute approximate surface area is 125 Å². The number of phenols is 1. The zero-order chi connectivity index (χ0) is 14.7. The monoisotopic (exact) mass is 305 g/mol. The maximum Gasteiger partial charge on any atom is 0.221 e. The number of carbonyl (C=O) groups is 1. The first-order valence-electron chi connectivity index (χ1n) is 6.72. The minimum Gasteiger partial charge on any atom is -0.508 e. The molecule has 1 saturated carbocycles. The van der Waals surface area contributed by atoms with Gasteiger partial charge in [-0.25, -0.2) is 0 Å². The minimum absolute atomic E-state index is 0.0775. The van der Waals surface area contributed by atoms with E-state index in [4.69, 9.17) is 0 Å². The van der Waals surface area contributed by atoms with Crippen molar-refractivity contribution in [2.24, 2.45) is 0 Å². The third-order valence-electron chi connectivity index (χ3n) is 3.04. The maximum absolute atomic E-state index is 11.6. The van der Waals surface area contributed by atoms with Crippen molar-refractivity contribution in [3.05, 3.63) is 24.3 Å². The molecule has 1 aromatic heterocycles. The zero-order valence-electron chi connectivity index (χ0n) is 11.3. The van der Waals surface area contributed by atoms with E-state index < -0.39 is 0 Å². The normalized spacial score (nSPS) is 14.1. The van der Waals surface area contributed by atoms with E-state index in [1.807, 2.05) is 0 Å². The minimum atomic E-state index is 0.0775. The SMILES string of the molecule is O=C(CCSc1nnnn1-c1ccc(O)cc1)NC1CC1. The highest BCUT2D eigenvalue weighted by molar-refractivity contribution is 7.99. The molecule has 0 atom stereocenters. The van der Waals surface area contributed by atoms with Crippen LogP contribution in [0, 0.1) is 0 Å². The van der Waals surface area contributed by atoms with Gasteiger partial charge in [0.05, 0.1) is 5.69 Å². The van der Waals surface area contributed by atoms with Gasteiger partial charge >= 0.3 is 0 Å². The molecule has 1 aliphatic rings. The Morgan fingerprint density at radius 3 is 2.86 bits per heavy atom. The molecular formula is C13H15N5O2S. The van der Waals surface area contributed by atoms with E-state index in [1.54, 1.807) is 28.9 Å². The molecule has 3 rings (SSSR count). The second kappa shape index (κ2) is 6.13. The Kier molecular flexibility index (Phi) is 4.05. The first-order valence-corrected chi connectivity index (χ1v) is 7.71. The molecule has 1 fully saturated rings. The number of aromatic hydroxyl groups is 1. The number of amides is 1. The third kappa shape index (κ3) is 3.72. The van der Waals surface area contributed by atoms with Crippen molar-refractivity contribution >= 4 is 17.7 Å². The van der Waals surface area contributed by atoms with Crippen molar-refractivity contribution in [3.8, 4) is 11.4 Å². The van der Waals surface area contributed by atoms with Gasteiger partial charge in [-0.05, 0) is 47.5 Å². The summed E-state index contributed by atoms with van der Waals surface area (Å²) in [6.45, 7) is 0. The van der Waals surface area contributed by atoms with Gasteiger partial charge in [0.15, 0.2) is 0 Å². The topological polar surface area (TPSA) is 92.9 Å². The summed E-state index contributed by atoms with van der Waals surface area (Å²) < 4.78 is 1.59. The van der Waals surface area contributed by atoms with E-state index in [1.165, 1.54) is 11.8 Å². The van der Waals surface area contributed by atoms with E-state index in [9.17, 15) is 9.90 Å². The maximum atomic E-state index is 11.6. The van der Waals surface area contributed by atoms with Crippen LogP contribution >= 0.6 is 11.8 Å². The number of carbonyl (C=O) groups excluding carboxylic acids is 1. The van der Waals surface area contributed by atoms with Crippen molar-refractivity contribution in [1.82, 2.24) is 25.5 Å². The molecule has 8 heteroatoms. The predicted octanol–water partition coefficient (Wildman–Crippen LogP) is 1.13. The highest BCUT2D eigenvalue weighted by Crippen LogP contribution is 2.21. The van der Waals surface area contributed by atoms with Crippen molar-refractivity contribution in [2.75, 3.05) is 5.75 Å². The van der Waals surface area contributed by atoms with Gasteiger partial charge in [0.2, 0.25) is 11.1 Å². The third-order valence-corrected chi connectivity index (χ3v) is 3.96. The molecular weight excluding hydrogens is 290 g/mol. The van der Waals surface area contributed by atoms with Crippen molar-refractivity contribution in [2.45, 2.75) is 30.5 Å². The summed E-state index contributed by atoms with van der Waals surface area (Å²) in [7, 11) is 0. The number of phenolic OH excluding ortho intramolecular Hbond substituents is 1. The van der Waals surface area contributed by atoms with Gasteiger partial charge < -0.3 is 10.4 Å². The molecule has 1 heterocycles. The van der Waals surface area contributed by atoms with Crippen LogP contribution in [0.5, 0.6) is 5.75 Å². The number of benzene rings is 1. The molecule has 0 spiro atoms. The van der Waals surface area contributed by atoms with Crippen LogP contribution in [0.25, 0.3) is 5.69 Å². The molecule has 21 heavy (non-hydrogen) atoms. The van der Waals surface area contributed by atoms with E-state index in [-0.39, 0.29) is 11.7 Å². The largest absolute Gasteiger partial charge is 0.508 e. The second-order valence-electron chi connectivity index (χ2n) is 4.83. The summed E-state index contributed by atoms with van der Waals surface area (Å²) in [4.78, 5) is 11.6. The quantitative estimate of drug-likeness (QED) is 0.777. The van der Waals surface area contributed by atoms with Crippen molar-refractivity contribution in [3.63, 3.8) is 0 Å². The molecule has 2 aromatic rings. The number of hydrogen-bond acceptors (Lipinski definition) is 6. The lowest BCUT2D eigenvalue weighted by atomic mass is 10.3. The molecule has 1 aliphatic carbocycles. The van der Waals surface area contributed by atoms with E-state index >= 15 is 0 Å². The number of tetrazole rings is 1. The van der Waals surface area contributed by atoms with Crippen LogP contribution in [0.1, 0.15) is 19.3 Å². The Morgan fingerprint density at radius 2 is 2.14 bits per heavy atom. The summed E-state index contributed by atoms with van der Waals surface area (Å²) in [6, 6.07) is 7.01. The summed E-state index contributed by atoms with van der Waals surface area (Å²) in [5.41, 5.74) is 0.766. The van der Waals surface area contributed by atoms with Crippen LogP contribution in [0.2, 0.25) is 0 Å². The first-order chi connectivity index (χ1) is 10.2. The smallest absolute Gasteiger partial charge is 0.221 e. The Hall–Kier alpha value is -2.09. The summed E-state index contributed by atoms with van der Waals surface area (Å²) in [6.07, 6.45) is 2.64. The Morgan fingerprint density at radius 1 is 1.38 bits per heavy atom. The van der Waals surface area contributed by atoms with Gasteiger partial charge in [0.1, 0.15) is 5.75 Å². The van der Waals surface area contributed by atoms with Crippen LogP contribution in [-0.4, -0.2) is 43.0 Å². The van der Waals surface area contributed by atoms with Crippen molar-refractivity contribution in [1.29, 1.82) is 0 Å². The molecule has 1 aromatic carbocycles. The van der Waals surface area contributed by atoms with Crippen molar-refractivity contribution < 1.29 is 9.90 Å². The van der Waals surface area contributed by atoms with Crippen LogP contribution in [0.15, 0.2) is 29.4 Å². The average molecular weight is 305 g/mol. The lowest BCUT2D eigenvalue weighted by molar-refractivity contribution is -0.120. The van der Waals surface area contributed by atoms with E-state index in [2.05, 4.69) is 20.8 Å². The number of thioether (sulfide) groups is 1. The highest BCUT2D eigenvalue weighted by Gasteiger charge is 2.22. The summed E-state index contributed by atoms with van der Waals surface area (Å²) >= 11 is 1.43. The molecule has 0 aliphatic heterocycles. The second-order valence-corrected chi connectivity index (χ2v) is 5.89. The zero-order valence-corrected chi connectivity index (χ0v) is 12.1. The average Bonchev–Trinajstić information content (AvgIpc) is 3.15. The van der Waals surface area contributed by atoms with Gasteiger partial charge in [-0.2, -0.15) is 4.68 Å². The fourth-order valence-corrected chi connectivity index (χ4v) is 2.62.